The normalized spacial score (nSPS) is 21.9. The lowest BCUT2D eigenvalue weighted by Crippen LogP contribution is -2.55. The van der Waals surface area contributed by atoms with Crippen molar-refractivity contribution in [1.29, 1.82) is 0 Å². The molecular weight excluding hydrogens is 262 g/mol. The Morgan fingerprint density at radius 1 is 1.25 bits per heavy atom. The molecule has 2 rings (SSSR count). The number of aliphatic carboxylic acids is 1. The third-order valence-corrected chi connectivity index (χ3v) is 3.57. The molecule has 1 aromatic carbocycles. The Hall–Kier alpha value is -2.08. The van der Waals surface area contributed by atoms with Crippen molar-refractivity contribution in [2.24, 2.45) is 0 Å². The molecule has 1 saturated heterocycles. The smallest absolute Gasteiger partial charge is 0.408 e. The van der Waals surface area contributed by atoms with Gasteiger partial charge in [-0.2, -0.15) is 0 Å². The average Bonchev–Trinajstić information content (AvgIpc) is 2.85. The van der Waals surface area contributed by atoms with Crippen LogP contribution in [0, 0.1) is 0 Å². The zero-order chi connectivity index (χ0) is 14.6. The van der Waals surface area contributed by atoms with Gasteiger partial charge in [0.25, 0.3) is 0 Å². The minimum Gasteiger partial charge on any atom is -0.479 e. The Bertz CT molecular complexity index is 490. The Morgan fingerprint density at radius 3 is 2.55 bits per heavy atom. The molecule has 2 N–H and O–H groups in total. The van der Waals surface area contributed by atoms with Crippen LogP contribution in [0.2, 0.25) is 0 Å². The highest BCUT2D eigenvalue weighted by Gasteiger charge is 2.50. The van der Waals surface area contributed by atoms with E-state index in [0.29, 0.717) is 6.42 Å². The van der Waals surface area contributed by atoms with Crippen molar-refractivity contribution in [3.63, 3.8) is 0 Å². The van der Waals surface area contributed by atoms with Crippen LogP contribution in [0.15, 0.2) is 30.3 Å². The highest BCUT2D eigenvalue weighted by Crippen LogP contribution is 2.30. The lowest BCUT2D eigenvalue weighted by Gasteiger charge is -2.32. The average molecular weight is 279 g/mol. The molecule has 108 valence electrons. The molecule has 0 unspecified atom stereocenters. The predicted octanol–water partition coefficient (Wildman–Crippen LogP) is 1.80. The van der Waals surface area contributed by atoms with Gasteiger partial charge in [0.1, 0.15) is 0 Å². The van der Waals surface area contributed by atoms with Crippen LogP contribution in [0.1, 0.15) is 18.4 Å². The molecule has 1 aromatic rings. The summed E-state index contributed by atoms with van der Waals surface area (Å²) in [7, 11) is 0. The molecule has 0 aromatic heterocycles. The van der Waals surface area contributed by atoms with Gasteiger partial charge in [-0.15, -0.1) is 0 Å². The molecule has 0 spiro atoms. The number of hydrogen-bond donors (Lipinski definition) is 2. The van der Waals surface area contributed by atoms with Gasteiger partial charge in [-0.05, 0) is 18.4 Å². The number of carbonyl (C=O) groups is 2. The van der Waals surface area contributed by atoms with Crippen LogP contribution in [-0.4, -0.2) is 45.9 Å². The second kappa shape index (κ2) is 5.92. The number of hydrogen-bond acceptors (Lipinski definition) is 3. The van der Waals surface area contributed by atoms with Gasteiger partial charge >= 0.3 is 12.1 Å². The summed E-state index contributed by atoms with van der Waals surface area (Å²) in [5.41, 5.74) is -0.534. The highest BCUT2D eigenvalue weighted by molar-refractivity contribution is 5.84. The molecule has 1 aliphatic heterocycles. The van der Waals surface area contributed by atoms with Gasteiger partial charge in [-0.1, -0.05) is 30.3 Å². The van der Waals surface area contributed by atoms with Crippen LogP contribution in [0.5, 0.6) is 0 Å². The topological polar surface area (TPSA) is 87.1 Å². The fourth-order valence-electron chi connectivity index (χ4n) is 2.50. The van der Waals surface area contributed by atoms with Crippen LogP contribution < -0.4 is 0 Å². The number of likely N-dealkylation sites (tertiary alicyclic amines) is 1. The molecule has 1 aliphatic rings. The van der Waals surface area contributed by atoms with Gasteiger partial charge in [-0.25, -0.2) is 9.59 Å². The number of carboxylic acid groups (broad SMARTS) is 2. The van der Waals surface area contributed by atoms with Gasteiger partial charge in [0, 0.05) is 6.54 Å². The summed E-state index contributed by atoms with van der Waals surface area (Å²) < 4.78 is 5.46. The first kappa shape index (κ1) is 14.3. The molecular formula is C14H17NO5. The first-order valence-corrected chi connectivity index (χ1v) is 6.42. The summed E-state index contributed by atoms with van der Waals surface area (Å²) in [6, 6.07) is 9.36. The fourth-order valence-corrected chi connectivity index (χ4v) is 2.50. The summed E-state index contributed by atoms with van der Waals surface area (Å²) in [6.07, 6.45) is -0.398. The van der Waals surface area contributed by atoms with Crippen LogP contribution >= 0.6 is 0 Å². The Morgan fingerprint density at radius 2 is 1.95 bits per heavy atom. The van der Waals surface area contributed by atoms with Gasteiger partial charge in [-0.3, -0.25) is 4.90 Å². The van der Waals surface area contributed by atoms with E-state index in [1.165, 1.54) is 0 Å². The van der Waals surface area contributed by atoms with E-state index >= 15 is 0 Å². The van der Waals surface area contributed by atoms with Crippen molar-refractivity contribution in [1.82, 2.24) is 4.90 Å². The summed E-state index contributed by atoms with van der Waals surface area (Å²) in [4.78, 5) is 23.6. The van der Waals surface area contributed by atoms with E-state index < -0.39 is 17.6 Å². The molecule has 0 bridgehead atoms. The first-order chi connectivity index (χ1) is 9.56. The van der Waals surface area contributed by atoms with E-state index in [1.807, 2.05) is 30.3 Å². The van der Waals surface area contributed by atoms with E-state index in [1.54, 1.807) is 0 Å². The van der Waals surface area contributed by atoms with Crippen molar-refractivity contribution < 1.29 is 24.5 Å². The van der Waals surface area contributed by atoms with Crippen molar-refractivity contribution >= 4 is 12.1 Å². The van der Waals surface area contributed by atoms with Crippen LogP contribution in [0.25, 0.3) is 0 Å². The highest BCUT2D eigenvalue weighted by atomic mass is 16.5. The molecule has 1 amide bonds. The van der Waals surface area contributed by atoms with Gasteiger partial charge < -0.3 is 14.9 Å². The van der Waals surface area contributed by atoms with Crippen molar-refractivity contribution in [3.05, 3.63) is 35.9 Å². The lowest BCUT2D eigenvalue weighted by molar-refractivity contribution is -0.153. The number of rotatable bonds is 5. The van der Waals surface area contributed by atoms with Crippen LogP contribution in [-0.2, 0) is 16.1 Å². The third-order valence-electron chi connectivity index (χ3n) is 3.57. The number of carboxylic acids is 1. The Balaban J connectivity index is 2.03. The first-order valence-electron chi connectivity index (χ1n) is 6.42. The van der Waals surface area contributed by atoms with Crippen molar-refractivity contribution in [2.75, 3.05) is 13.2 Å². The van der Waals surface area contributed by atoms with Crippen molar-refractivity contribution in [3.8, 4) is 0 Å². The molecule has 1 heterocycles. The minimum atomic E-state index is -1.46. The maximum absolute atomic E-state index is 11.5. The molecule has 0 aliphatic carbocycles. The summed E-state index contributed by atoms with van der Waals surface area (Å²) >= 11 is 0. The Kier molecular flexibility index (Phi) is 4.24. The van der Waals surface area contributed by atoms with Crippen molar-refractivity contribution in [2.45, 2.75) is 25.0 Å². The van der Waals surface area contributed by atoms with Crippen LogP contribution in [0.3, 0.4) is 0 Å². The zero-order valence-electron chi connectivity index (χ0n) is 11.0. The number of benzene rings is 1. The maximum atomic E-state index is 11.5. The molecule has 1 fully saturated rings. The second-order valence-electron chi connectivity index (χ2n) is 4.85. The van der Waals surface area contributed by atoms with Crippen LogP contribution in [0.4, 0.5) is 4.79 Å². The monoisotopic (exact) mass is 279 g/mol. The number of amides is 1. The molecule has 1 atom stereocenters. The van der Waals surface area contributed by atoms with E-state index in [4.69, 9.17) is 9.84 Å². The maximum Gasteiger partial charge on any atom is 0.408 e. The number of nitrogens with zero attached hydrogens (tertiary/aromatic N) is 1. The van der Waals surface area contributed by atoms with Gasteiger partial charge in [0.2, 0.25) is 0 Å². The SMILES string of the molecule is O=C(O)N1CCC[C@]1(COCc1ccccc1)C(=O)O. The number of ether oxygens (including phenoxy) is 1. The van der Waals surface area contributed by atoms with E-state index in [-0.39, 0.29) is 26.2 Å². The lowest BCUT2D eigenvalue weighted by atomic mass is 9.98. The minimum absolute atomic E-state index is 0.135. The molecule has 6 nitrogen and oxygen atoms in total. The molecule has 0 radical (unpaired) electrons. The fraction of sp³-hybridized carbons (Fsp3) is 0.429. The summed E-state index contributed by atoms with van der Waals surface area (Å²) in [6.45, 7) is 0.364. The standard InChI is InChI=1S/C14H17NO5/c16-12(17)14(7-4-8-15(14)13(18)19)10-20-9-11-5-2-1-3-6-11/h1-3,5-6H,4,7-10H2,(H,16,17)(H,18,19)/t14-/m0/s1. The van der Waals surface area contributed by atoms with E-state index in [9.17, 15) is 14.7 Å². The largest absolute Gasteiger partial charge is 0.479 e. The third kappa shape index (κ3) is 2.75. The second-order valence-corrected chi connectivity index (χ2v) is 4.85. The van der Waals surface area contributed by atoms with E-state index in [0.717, 1.165) is 10.5 Å². The molecule has 6 heteroatoms. The zero-order valence-corrected chi connectivity index (χ0v) is 11.0. The van der Waals surface area contributed by atoms with E-state index in [2.05, 4.69) is 0 Å². The van der Waals surface area contributed by atoms with Gasteiger partial charge in [0.15, 0.2) is 5.54 Å². The summed E-state index contributed by atoms with van der Waals surface area (Å²) in [5.74, 6) is -1.15. The predicted molar refractivity (Wildman–Crippen MR) is 70.4 cm³/mol. The van der Waals surface area contributed by atoms with Gasteiger partial charge in [0.05, 0.1) is 13.2 Å². The summed E-state index contributed by atoms with van der Waals surface area (Å²) in [5, 5.41) is 18.5. The quantitative estimate of drug-likeness (QED) is 0.858. The Labute approximate surface area is 116 Å². The molecule has 20 heavy (non-hydrogen) atoms. The molecule has 0 saturated carbocycles.